The number of nitrogens with zero attached hydrogens (tertiary/aromatic N) is 2. The van der Waals surface area contributed by atoms with Gasteiger partial charge in [0, 0.05) is 7.05 Å². The van der Waals surface area contributed by atoms with Crippen LogP contribution in [0.3, 0.4) is 0 Å². The number of hydrogen-bond acceptors (Lipinski definition) is 5. The fourth-order valence-electron chi connectivity index (χ4n) is 1.19. The molecule has 0 amide bonds. The number of aromatic nitrogens is 1. The maximum absolute atomic E-state index is 11.5. The molecule has 0 aliphatic rings. The molecule has 0 radical (unpaired) electrons. The minimum atomic E-state index is -0.490. The number of rotatable bonds is 4. The highest BCUT2D eigenvalue weighted by Gasteiger charge is 2.17. The van der Waals surface area contributed by atoms with Gasteiger partial charge in [0.1, 0.15) is 16.7 Å². The summed E-state index contributed by atoms with van der Waals surface area (Å²) in [4.78, 5) is 17.4. The van der Waals surface area contributed by atoms with Crippen molar-refractivity contribution in [2.75, 3.05) is 26.2 Å². The van der Waals surface area contributed by atoms with E-state index >= 15 is 0 Å². The maximum Gasteiger partial charge on any atom is 0.357 e. The first-order valence-corrected chi connectivity index (χ1v) is 5.57. The molecule has 17 heavy (non-hydrogen) atoms. The number of carbonyl (C=O) groups excluding carboxylic acids is 1. The lowest BCUT2D eigenvalue weighted by atomic mass is 10.4. The van der Waals surface area contributed by atoms with E-state index in [-0.39, 0.29) is 5.70 Å². The van der Waals surface area contributed by atoms with Gasteiger partial charge in [-0.25, -0.2) is 9.78 Å². The first-order chi connectivity index (χ1) is 8.10. The van der Waals surface area contributed by atoms with Gasteiger partial charge in [0.05, 0.1) is 14.2 Å². The number of halogens is 1. The van der Waals surface area contributed by atoms with E-state index in [1.165, 1.54) is 20.5 Å². The van der Waals surface area contributed by atoms with E-state index in [2.05, 4.69) is 25.7 Å². The highest BCUT2D eigenvalue weighted by Crippen LogP contribution is 2.18. The van der Waals surface area contributed by atoms with E-state index in [0.29, 0.717) is 10.4 Å². The second kappa shape index (κ2) is 6.24. The SMILES string of the molecule is COC=C(C(=O)OC)N(C)c1cccc(Br)n1. The number of anilines is 1. The molecular weight excluding hydrogens is 288 g/mol. The third kappa shape index (κ3) is 3.45. The molecule has 0 bridgehead atoms. The van der Waals surface area contributed by atoms with Crippen molar-refractivity contribution in [3.63, 3.8) is 0 Å². The molecule has 0 unspecified atom stereocenters. The van der Waals surface area contributed by atoms with Gasteiger partial charge in [-0.05, 0) is 28.1 Å². The summed E-state index contributed by atoms with van der Waals surface area (Å²) < 4.78 is 10.2. The Morgan fingerprint density at radius 2 is 2.18 bits per heavy atom. The molecule has 0 saturated carbocycles. The summed E-state index contributed by atoms with van der Waals surface area (Å²) in [5.41, 5.74) is 0.264. The maximum atomic E-state index is 11.5. The van der Waals surface area contributed by atoms with Crippen molar-refractivity contribution in [2.24, 2.45) is 0 Å². The number of ether oxygens (including phenoxy) is 2. The summed E-state index contributed by atoms with van der Waals surface area (Å²) >= 11 is 3.27. The molecule has 0 fully saturated rings. The zero-order chi connectivity index (χ0) is 12.8. The number of hydrogen-bond donors (Lipinski definition) is 0. The van der Waals surface area contributed by atoms with E-state index in [0.717, 1.165) is 0 Å². The lowest BCUT2D eigenvalue weighted by Gasteiger charge is -2.19. The monoisotopic (exact) mass is 300 g/mol. The lowest BCUT2D eigenvalue weighted by molar-refractivity contribution is -0.136. The van der Waals surface area contributed by atoms with Gasteiger partial charge in [-0.3, -0.25) is 0 Å². The van der Waals surface area contributed by atoms with Crippen molar-refractivity contribution in [2.45, 2.75) is 0 Å². The smallest absolute Gasteiger partial charge is 0.357 e. The Morgan fingerprint density at radius 1 is 1.47 bits per heavy atom. The third-order valence-corrected chi connectivity index (χ3v) is 2.47. The van der Waals surface area contributed by atoms with Crippen molar-refractivity contribution in [1.29, 1.82) is 0 Å². The molecule has 5 nitrogen and oxygen atoms in total. The quantitative estimate of drug-likeness (QED) is 0.368. The van der Waals surface area contributed by atoms with E-state index in [4.69, 9.17) is 4.74 Å². The molecule has 0 aliphatic carbocycles. The van der Waals surface area contributed by atoms with Gasteiger partial charge in [0.25, 0.3) is 0 Å². The molecule has 0 spiro atoms. The van der Waals surface area contributed by atoms with Gasteiger partial charge in [-0.2, -0.15) is 0 Å². The third-order valence-electron chi connectivity index (χ3n) is 2.03. The Hall–Kier alpha value is -1.56. The molecule has 0 aliphatic heterocycles. The zero-order valence-electron chi connectivity index (χ0n) is 9.81. The Bertz CT molecular complexity index is 434. The minimum absolute atomic E-state index is 0.264. The second-order valence-electron chi connectivity index (χ2n) is 3.11. The molecule has 1 rings (SSSR count). The summed E-state index contributed by atoms with van der Waals surface area (Å²) in [6.07, 6.45) is 1.31. The summed E-state index contributed by atoms with van der Waals surface area (Å²) in [5, 5.41) is 0. The highest BCUT2D eigenvalue weighted by molar-refractivity contribution is 9.10. The van der Waals surface area contributed by atoms with E-state index in [9.17, 15) is 4.79 Å². The topological polar surface area (TPSA) is 51.7 Å². The molecule has 1 aromatic rings. The molecule has 1 aromatic heterocycles. The van der Waals surface area contributed by atoms with Crippen LogP contribution < -0.4 is 4.90 Å². The van der Waals surface area contributed by atoms with Gasteiger partial charge >= 0.3 is 5.97 Å². The van der Waals surface area contributed by atoms with Crippen LogP contribution in [0.5, 0.6) is 0 Å². The normalized spacial score (nSPS) is 10.9. The molecular formula is C11H13BrN2O3. The number of pyridine rings is 1. The summed E-state index contributed by atoms with van der Waals surface area (Å²) in [6.45, 7) is 0. The fraction of sp³-hybridized carbons (Fsp3) is 0.273. The van der Waals surface area contributed by atoms with Crippen molar-refractivity contribution in [1.82, 2.24) is 4.98 Å². The summed E-state index contributed by atoms with van der Waals surface area (Å²) in [7, 11) is 4.48. The highest BCUT2D eigenvalue weighted by atomic mass is 79.9. The number of carbonyl (C=O) groups is 1. The molecule has 0 N–H and O–H groups in total. The predicted molar refractivity (Wildman–Crippen MR) is 67.4 cm³/mol. The van der Waals surface area contributed by atoms with Crippen LogP contribution in [0.1, 0.15) is 0 Å². The lowest BCUT2D eigenvalue weighted by Crippen LogP contribution is -2.25. The Kier molecular flexibility index (Phi) is 4.96. The molecule has 92 valence electrons. The van der Waals surface area contributed by atoms with Crippen LogP contribution in [-0.4, -0.2) is 32.2 Å². The molecule has 0 saturated heterocycles. The van der Waals surface area contributed by atoms with E-state index < -0.39 is 5.97 Å². The van der Waals surface area contributed by atoms with Gasteiger partial charge in [0.15, 0.2) is 5.70 Å². The Balaban J connectivity index is 3.04. The molecule has 6 heteroatoms. The van der Waals surface area contributed by atoms with Crippen molar-refractivity contribution >= 4 is 27.7 Å². The van der Waals surface area contributed by atoms with Crippen LogP contribution >= 0.6 is 15.9 Å². The van der Waals surface area contributed by atoms with Crippen LogP contribution in [0.15, 0.2) is 34.8 Å². The van der Waals surface area contributed by atoms with Crippen LogP contribution in [0.25, 0.3) is 0 Å². The van der Waals surface area contributed by atoms with Crippen LogP contribution in [0.4, 0.5) is 5.82 Å². The van der Waals surface area contributed by atoms with E-state index in [1.54, 1.807) is 24.1 Å². The first-order valence-electron chi connectivity index (χ1n) is 4.77. The second-order valence-corrected chi connectivity index (χ2v) is 3.92. The number of likely N-dealkylation sites (N-methyl/N-ethyl adjacent to an activating group) is 1. The van der Waals surface area contributed by atoms with Crippen LogP contribution in [-0.2, 0) is 14.3 Å². The Morgan fingerprint density at radius 3 is 2.71 bits per heavy atom. The largest absolute Gasteiger partial charge is 0.502 e. The summed E-state index contributed by atoms with van der Waals surface area (Å²) in [6, 6.07) is 5.40. The standard InChI is InChI=1S/C11H13BrN2O3/c1-14(8(7-16-2)11(15)17-3)10-6-4-5-9(12)13-10/h4-7H,1-3H3. The first kappa shape index (κ1) is 13.5. The molecule has 1 heterocycles. The van der Waals surface area contributed by atoms with Gasteiger partial charge in [0.2, 0.25) is 0 Å². The predicted octanol–water partition coefficient (Wildman–Crippen LogP) is 1.94. The van der Waals surface area contributed by atoms with Crippen molar-refractivity contribution in [3.05, 3.63) is 34.8 Å². The van der Waals surface area contributed by atoms with Crippen molar-refractivity contribution < 1.29 is 14.3 Å². The van der Waals surface area contributed by atoms with Crippen LogP contribution in [0.2, 0.25) is 0 Å². The van der Waals surface area contributed by atoms with Crippen LogP contribution in [0, 0.1) is 0 Å². The average molecular weight is 301 g/mol. The minimum Gasteiger partial charge on any atom is -0.502 e. The zero-order valence-corrected chi connectivity index (χ0v) is 11.4. The number of esters is 1. The average Bonchev–Trinajstić information content (AvgIpc) is 2.34. The van der Waals surface area contributed by atoms with Gasteiger partial charge in [-0.1, -0.05) is 6.07 Å². The van der Waals surface area contributed by atoms with E-state index in [1.807, 2.05) is 6.07 Å². The number of methoxy groups -OCH3 is 2. The molecule has 0 atom stereocenters. The summed E-state index contributed by atoms with van der Waals surface area (Å²) in [5.74, 6) is 0.115. The van der Waals surface area contributed by atoms with Gasteiger partial charge < -0.3 is 14.4 Å². The Labute approximate surface area is 108 Å². The fourth-order valence-corrected chi connectivity index (χ4v) is 1.52. The molecule has 0 aromatic carbocycles. The van der Waals surface area contributed by atoms with Crippen molar-refractivity contribution in [3.8, 4) is 0 Å². The van der Waals surface area contributed by atoms with Gasteiger partial charge in [-0.15, -0.1) is 0 Å².